The van der Waals surface area contributed by atoms with Gasteiger partial charge in [-0.1, -0.05) is 0 Å². The van der Waals surface area contributed by atoms with Gasteiger partial charge in [0, 0.05) is 43.0 Å². The minimum absolute atomic E-state index is 0.436. The van der Waals surface area contributed by atoms with Gasteiger partial charge in [-0.3, -0.25) is 4.90 Å². The molecule has 1 atom stereocenters. The molecular formula is C13H22N2OS. The van der Waals surface area contributed by atoms with Crippen LogP contribution in [0.2, 0.25) is 0 Å². The number of aryl methyl sites for hydroxylation is 1. The number of methoxy groups -OCH3 is 1. The van der Waals surface area contributed by atoms with Gasteiger partial charge in [-0.05, 0) is 32.0 Å². The SMILES string of the molecule is CNCc1cc(CN2CCC(OC)C2)c(C)s1. The van der Waals surface area contributed by atoms with Crippen molar-refractivity contribution in [3.63, 3.8) is 0 Å². The molecule has 0 radical (unpaired) electrons. The van der Waals surface area contributed by atoms with E-state index in [9.17, 15) is 0 Å². The van der Waals surface area contributed by atoms with Gasteiger partial charge in [-0.2, -0.15) is 0 Å². The third-order valence-electron chi connectivity index (χ3n) is 3.38. The number of nitrogens with one attached hydrogen (secondary N) is 1. The van der Waals surface area contributed by atoms with Gasteiger partial charge in [0.25, 0.3) is 0 Å². The molecule has 0 aliphatic carbocycles. The molecule has 3 nitrogen and oxygen atoms in total. The van der Waals surface area contributed by atoms with E-state index < -0.39 is 0 Å². The first-order valence-corrected chi connectivity index (χ1v) is 7.02. The summed E-state index contributed by atoms with van der Waals surface area (Å²) < 4.78 is 5.40. The number of ether oxygens (including phenoxy) is 1. The van der Waals surface area contributed by atoms with Crippen molar-refractivity contribution >= 4 is 11.3 Å². The number of hydrogen-bond acceptors (Lipinski definition) is 4. The third-order valence-corrected chi connectivity index (χ3v) is 4.47. The Kier molecular flexibility index (Phi) is 4.56. The van der Waals surface area contributed by atoms with Crippen LogP contribution in [0.3, 0.4) is 0 Å². The van der Waals surface area contributed by atoms with Gasteiger partial charge < -0.3 is 10.1 Å². The summed E-state index contributed by atoms with van der Waals surface area (Å²) in [6, 6.07) is 2.34. The van der Waals surface area contributed by atoms with Crippen molar-refractivity contribution in [1.29, 1.82) is 0 Å². The molecule has 1 unspecified atom stereocenters. The second-order valence-electron chi connectivity index (χ2n) is 4.71. The largest absolute Gasteiger partial charge is 0.380 e. The van der Waals surface area contributed by atoms with Crippen LogP contribution >= 0.6 is 11.3 Å². The topological polar surface area (TPSA) is 24.5 Å². The predicted octanol–water partition coefficient (Wildman–Crippen LogP) is 2.00. The molecule has 2 heterocycles. The summed E-state index contributed by atoms with van der Waals surface area (Å²) in [7, 11) is 3.81. The number of thiophene rings is 1. The fourth-order valence-corrected chi connectivity index (χ4v) is 3.45. The van der Waals surface area contributed by atoms with E-state index in [1.165, 1.54) is 21.7 Å². The average Bonchev–Trinajstić information content (AvgIpc) is 2.88. The molecule has 0 aromatic carbocycles. The lowest BCUT2D eigenvalue weighted by molar-refractivity contribution is 0.107. The second kappa shape index (κ2) is 5.96. The van der Waals surface area contributed by atoms with E-state index in [1.807, 2.05) is 25.5 Å². The van der Waals surface area contributed by atoms with Gasteiger partial charge in [0.1, 0.15) is 0 Å². The van der Waals surface area contributed by atoms with Crippen molar-refractivity contribution in [1.82, 2.24) is 10.2 Å². The predicted molar refractivity (Wildman–Crippen MR) is 72.5 cm³/mol. The molecule has 0 spiro atoms. The maximum Gasteiger partial charge on any atom is 0.0710 e. The molecule has 1 N–H and O–H groups in total. The lowest BCUT2D eigenvalue weighted by Crippen LogP contribution is -2.22. The Morgan fingerprint density at radius 1 is 1.59 bits per heavy atom. The Hall–Kier alpha value is -0.420. The summed E-state index contributed by atoms with van der Waals surface area (Å²) in [5.41, 5.74) is 1.48. The Labute approximate surface area is 108 Å². The standard InChI is InChI=1S/C13H22N2OS/c1-10-11(6-13(17-10)7-14-2)8-15-5-4-12(9-15)16-3/h6,12,14H,4-5,7-9H2,1-3H3. The van der Waals surface area contributed by atoms with E-state index in [1.54, 1.807) is 0 Å². The molecular weight excluding hydrogens is 232 g/mol. The first-order valence-electron chi connectivity index (χ1n) is 6.21. The summed E-state index contributed by atoms with van der Waals surface area (Å²) in [6.07, 6.45) is 1.61. The van der Waals surface area contributed by atoms with E-state index in [-0.39, 0.29) is 0 Å². The van der Waals surface area contributed by atoms with Crippen molar-refractivity contribution < 1.29 is 4.74 Å². The van der Waals surface area contributed by atoms with Crippen molar-refractivity contribution in [2.45, 2.75) is 32.5 Å². The molecule has 2 rings (SSSR count). The Morgan fingerprint density at radius 3 is 3.06 bits per heavy atom. The minimum atomic E-state index is 0.436. The Bertz CT molecular complexity index is 364. The quantitative estimate of drug-likeness (QED) is 0.870. The molecule has 1 aliphatic rings. The number of nitrogens with zero attached hydrogens (tertiary/aromatic N) is 1. The first kappa shape index (κ1) is 13.0. The highest BCUT2D eigenvalue weighted by Gasteiger charge is 2.22. The van der Waals surface area contributed by atoms with Gasteiger partial charge in [-0.15, -0.1) is 11.3 Å². The monoisotopic (exact) mass is 254 g/mol. The van der Waals surface area contributed by atoms with Crippen LogP contribution in [0.25, 0.3) is 0 Å². The van der Waals surface area contributed by atoms with Crippen molar-refractivity contribution in [3.8, 4) is 0 Å². The second-order valence-corrected chi connectivity index (χ2v) is 6.05. The highest BCUT2D eigenvalue weighted by molar-refractivity contribution is 7.12. The lowest BCUT2D eigenvalue weighted by Gasteiger charge is -2.15. The van der Waals surface area contributed by atoms with Gasteiger partial charge in [0.15, 0.2) is 0 Å². The fraction of sp³-hybridized carbons (Fsp3) is 0.692. The van der Waals surface area contributed by atoms with Gasteiger partial charge in [-0.25, -0.2) is 0 Å². The maximum absolute atomic E-state index is 5.40. The minimum Gasteiger partial charge on any atom is -0.380 e. The molecule has 96 valence electrons. The summed E-state index contributed by atoms with van der Waals surface area (Å²) in [5.74, 6) is 0. The van der Waals surface area contributed by atoms with Crippen LogP contribution in [0.5, 0.6) is 0 Å². The zero-order valence-corrected chi connectivity index (χ0v) is 11.8. The first-order chi connectivity index (χ1) is 8.22. The summed E-state index contributed by atoms with van der Waals surface area (Å²) in [5, 5.41) is 3.21. The van der Waals surface area contributed by atoms with Crippen LogP contribution in [0.1, 0.15) is 21.7 Å². The van der Waals surface area contributed by atoms with Crippen LogP contribution in [0, 0.1) is 6.92 Å². The van der Waals surface area contributed by atoms with E-state index in [4.69, 9.17) is 4.74 Å². The van der Waals surface area contributed by atoms with Crippen LogP contribution < -0.4 is 5.32 Å². The van der Waals surface area contributed by atoms with E-state index in [0.29, 0.717) is 6.10 Å². The van der Waals surface area contributed by atoms with E-state index >= 15 is 0 Å². The van der Waals surface area contributed by atoms with Gasteiger partial charge in [0.05, 0.1) is 6.10 Å². The lowest BCUT2D eigenvalue weighted by atomic mass is 10.2. The summed E-state index contributed by atoms with van der Waals surface area (Å²) >= 11 is 1.91. The molecule has 0 bridgehead atoms. The summed E-state index contributed by atoms with van der Waals surface area (Å²) in [4.78, 5) is 5.38. The molecule has 0 amide bonds. The maximum atomic E-state index is 5.40. The molecule has 0 saturated carbocycles. The number of likely N-dealkylation sites (tertiary alicyclic amines) is 1. The molecule has 1 aromatic heterocycles. The molecule has 1 aromatic rings. The Balaban J connectivity index is 1.94. The van der Waals surface area contributed by atoms with Gasteiger partial charge >= 0.3 is 0 Å². The van der Waals surface area contributed by atoms with E-state index in [2.05, 4.69) is 23.2 Å². The average molecular weight is 254 g/mol. The molecule has 1 saturated heterocycles. The number of rotatable bonds is 5. The highest BCUT2D eigenvalue weighted by atomic mass is 32.1. The van der Waals surface area contributed by atoms with Crippen molar-refractivity contribution in [2.75, 3.05) is 27.2 Å². The molecule has 1 aliphatic heterocycles. The zero-order valence-electron chi connectivity index (χ0n) is 11.0. The van der Waals surface area contributed by atoms with Crippen LogP contribution in [-0.4, -0.2) is 38.3 Å². The smallest absolute Gasteiger partial charge is 0.0710 e. The van der Waals surface area contributed by atoms with Crippen molar-refractivity contribution in [2.24, 2.45) is 0 Å². The molecule has 4 heteroatoms. The van der Waals surface area contributed by atoms with Crippen LogP contribution in [-0.2, 0) is 17.8 Å². The van der Waals surface area contributed by atoms with Crippen LogP contribution in [0.4, 0.5) is 0 Å². The molecule has 17 heavy (non-hydrogen) atoms. The summed E-state index contributed by atoms with van der Waals surface area (Å²) in [6.45, 7) is 6.52. The fourth-order valence-electron chi connectivity index (χ4n) is 2.38. The Morgan fingerprint density at radius 2 is 2.41 bits per heavy atom. The third kappa shape index (κ3) is 3.28. The van der Waals surface area contributed by atoms with Crippen molar-refractivity contribution in [3.05, 3.63) is 21.4 Å². The highest BCUT2D eigenvalue weighted by Crippen LogP contribution is 2.24. The normalized spacial score (nSPS) is 21.2. The van der Waals surface area contributed by atoms with Gasteiger partial charge in [0.2, 0.25) is 0 Å². The molecule has 1 fully saturated rings. The van der Waals surface area contributed by atoms with Crippen LogP contribution in [0.15, 0.2) is 6.07 Å². The zero-order chi connectivity index (χ0) is 12.3. The number of hydrogen-bond donors (Lipinski definition) is 1. The van der Waals surface area contributed by atoms with E-state index in [0.717, 1.165) is 26.2 Å².